The van der Waals surface area contributed by atoms with Crippen LogP contribution in [0.2, 0.25) is 10.0 Å². The highest BCUT2D eigenvalue weighted by molar-refractivity contribution is 6.31. The number of fused-ring (bicyclic) bond motifs is 2. The molecule has 1 aromatic carbocycles. The molecule has 5 nitrogen and oxygen atoms in total. The molecule has 1 aliphatic rings. The van der Waals surface area contributed by atoms with Gasteiger partial charge in [-0.3, -0.25) is 4.79 Å². The highest BCUT2D eigenvalue weighted by Crippen LogP contribution is 2.34. The number of hydrogen-bond donors (Lipinski definition) is 0. The Morgan fingerprint density at radius 2 is 2.17 bits per heavy atom. The number of nitrogens with zero attached hydrogens (tertiary/aromatic N) is 4. The van der Waals surface area contributed by atoms with Crippen LogP contribution in [0.4, 0.5) is 0 Å². The normalized spacial score (nSPS) is 17.1. The zero-order valence-corrected chi connectivity index (χ0v) is 14.4. The molecular weight excluding hydrogens is 347 g/mol. The maximum absolute atomic E-state index is 12.9. The molecule has 7 heteroatoms. The van der Waals surface area contributed by atoms with E-state index < -0.39 is 0 Å². The summed E-state index contributed by atoms with van der Waals surface area (Å²) in [6.45, 7) is 2.62. The lowest BCUT2D eigenvalue weighted by Gasteiger charge is -2.35. The van der Waals surface area contributed by atoms with Crippen LogP contribution in [0, 0.1) is 0 Å². The number of carbonyl (C=O) groups excluding carboxylic acids is 1. The summed E-state index contributed by atoms with van der Waals surface area (Å²) >= 11 is 12.2. The predicted molar refractivity (Wildman–Crippen MR) is 92.6 cm³/mol. The van der Waals surface area contributed by atoms with Crippen molar-refractivity contribution in [1.82, 2.24) is 19.5 Å². The Kier molecular flexibility index (Phi) is 3.70. The van der Waals surface area contributed by atoms with Crippen LogP contribution in [-0.4, -0.2) is 31.9 Å². The van der Waals surface area contributed by atoms with Gasteiger partial charge >= 0.3 is 0 Å². The Hall–Kier alpha value is -2.11. The monoisotopic (exact) mass is 360 g/mol. The van der Waals surface area contributed by atoms with Crippen molar-refractivity contribution < 1.29 is 4.79 Å². The molecular formula is C17H14Cl2N4O. The first-order valence-electron chi connectivity index (χ1n) is 7.64. The third-order valence-electron chi connectivity index (χ3n) is 4.44. The van der Waals surface area contributed by atoms with E-state index in [0.29, 0.717) is 22.9 Å². The summed E-state index contributed by atoms with van der Waals surface area (Å²) in [6, 6.07) is 7.46. The highest BCUT2D eigenvalue weighted by Gasteiger charge is 2.30. The Bertz CT molecular complexity index is 953. The summed E-state index contributed by atoms with van der Waals surface area (Å²) in [5.74, 6) is -0.116. The van der Waals surface area contributed by atoms with Gasteiger partial charge in [0.1, 0.15) is 0 Å². The largest absolute Gasteiger partial charge is 0.330 e. The minimum Gasteiger partial charge on any atom is -0.330 e. The summed E-state index contributed by atoms with van der Waals surface area (Å²) in [5, 5.41) is 5.54. The lowest BCUT2D eigenvalue weighted by molar-refractivity contribution is 0.0671. The molecule has 2 aromatic heterocycles. The predicted octanol–water partition coefficient (Wildman–Crippen LogP) is 3.80. The van der Waals surface area contributed by atoms with Crippen molar-refractivity contribution in [3.05, 3.63) is 63.5 Å². The van der Waals surface area contributed by atoms with Crippen molar-refractivity contribution >= 4 is 34.8 Å². The third-order valence-corrected chi connectivity index (χ3v) is 4.99. The van der Waals surface area contributed by atoms with E-state index in [1.54, 1.807) is 12.3 Å². The molecule has 0 saturated carbocycles. The van der Waals surface area contributed by atoms with Crippen LogP contribution in [-0.2, 0) is 6.42 Å². The first-order valence-corrected chi connectivity index (χ1v) is 8.39. The molecule has 1 atom stereocenters. The van der Waals surface area contributed by atoms with E-state index in [0.717, 1.165) is 22.6 Å². The van der Waals surface area contributed by atoms with Gasteiger partial charge in [-0.05, 0) is 30.5 Å². The molecule has 0 radical (unpaired) electrons. The molecule has 1 unspecified atom stereocenters. The Morgan fingerprint density at radius 1 is 1.33 bits per heavy atom. The smallest absolute Gasteiger partial charge is 0.274 e. The van der Waals surface area contributed by atoms with Crippen LogP contribution in [0.1, 0.15) is 34.6 Å². The minimum atomic E-state index is -0.116. The number of aromatic nitrogens is 3. The van der Waals surface area contributed by atoms with E-state index in [1.807, 2.05) is 30.0 Å². The molecule has 0 spiro atoms. The molecule has 0 fully saturated rings. The van der Waals surface area contributed by atoms with E-state index in [4.69, 9.17) is 23.2 Å². The van der Waals surface area contributed by atoms with Gasteiger partial charge in [0.15, 0.2) is 11.3 Å². The van der Waals surface area contributed by atoms with Crippen molar-refractivity contribution in [2.24, 2.45) is 0 Å². The van der Waals surface area contributed by atoms with Crippen LogP contribution in [0.25, 0.3) is 5.65 Å². The molecule has 24 heavy (non-hydrogen) atoms. The van der Waals surface area contributed by atoms with Crippen molar-refractivity contribution in [3.63, 3.8) is 0 Å². The van der Waals surface area contributed by atoms with E-state index in [-0.39, 0.29) is 11.9 Å². The number of hydrogen-bond acceptors (Lipinski definition) is 3. The van der Waals surface area contributed by atoms with E-state index in [1.165, 1.54) is 10.7 Å². The van der Waals surface area contributed by atoms with Gasteiger partial charge in [0.25, 0.3) is 5.91 Å². The first kappa shape index (κ1) is 15.4. The van der Waals surface area contributed by atoms with Gasteiger partial charge in [-0.15, -0.1) is 0 Å². The molecule has 3 aromatic rings. The number of halogens is 2. The fraction of sp³-hybridized carbons (Fsp3) is 0.235. The standard InChI is InChI=1S/C17H14Cl2N4O/c1-10-12-3-2-4-14(19)13(12)5-6-22(10)17(24)15-7-16-20-8-11(18)9-23(16)21-15/h2-4,7-10H,5-6H2,1H3. The van der Waals surface area contributed by atoms with Crippen molar-refractivity contribution in [3.8, 4) is 0 Å². The fourth-order valence-electron chi connectivity index (χ4n) is 3.21. The topological polar surface area (TPSA) is 50.5 Å². The Morgan fingerprint density at radius 3 is 3.00 bits per heavy atom. The molecule has 4 rings (SSSR count). The second kappa shape index (κ2) is 5.76. The molecule has 1 amide bonds. The molecule has 3 heterocycles. The summed E-state index contributed by atoms with van der Waals surface area (Å²) in [7, 11) is 0. The van der Waals surface area contributed by atoms with Crippen LogP contribution < -0.4 is 0 Å². The van der Waals surface area contributed by atoms with Crippen molar-refractivity contribution in [2.75, 3.05) is 6.54 Å². The maximum atomic E-state index is 12.9. The van der Waals surface area contributed by atoms with E-state index in [9.17, 15) is 4.79 Å². The van der Waals surface area contributed by atoms with Crippen molar-refractivity contribution in [2.45, 2.75) is 19.4 Å². The first-order chi connectivity index (χ1) is 11.5. The minimum absolute atomic E-state index is 0.0543. The van der Waals surface area contributed by atoms with E-state index >= 15 is 0 Å². The Balaban J connectivity index is 1.69. The molecule has 0 N–H and O–H groups in total. The quantitative estimate of drug-likeness (QED) is 0.663. The fourth-order valence-corrected chi connectivity index (χ4v) is 3.62. The average Bonchev–Trinajstić information content (AvgIpc) is 2.98. The Labute approximate surface area is 148 Å². The van der Waals surface area contributed by atoms with Gasteiger partial charge in [0, 0.05) is 23.8 Å². The van der Waals surface area contributed by atoms with Gasteiger partial charge in [0.05, 0.1) is 17.3 Å². The summed E-state index contributed by atoms with van der Waals surface area (Å²) < 4.78 is 1.52. The van der Waals surface area contributed by atoms with Crippen LogP contribution in [0.15, 0.2) is 36.7 Å². The van der Waals surface area contributed by atoms with Crippen LogP contribution in [0.5, 0.6) is 0 Å². The number of carbonyl (C=O) groups is 1. The maximum Gasteiger partial charge on any atom is 0.274 e. The van der Waals surface area contributed by atoms with Gasteiger partial charge in [0.2, 0.25) is 0 Å². The SMILES string of the molecule is CC1c2cccc(Cl)c2CCN1C(=O)c1cc2ncc(Cl)cn2n1. The van der Waals surface area contributed by atoms with Gasteiger partial charge < -0.3 is 4.90 Å². The van der Waals surface area contributed by atoms with Crippen LogP contribution in [0.3, 0.4) is 0 Å². The molecule has 0 aliphatic carbocycles. The number of amides is 1. The summed E-state index contributed by atoms with van der Waals surface area (Å²) in [5.41, 5.74) is 3.17. The third kappa shape index (κ3) is 2.44. The summed E-state index contributed by atoms with van der Waals surface area (Å²) in [4.78, 5) is 18.9. The van der Waals surface area contributed by atoms with Crippen molar-refractivity contribution in [1.29, 1.82) is 0 Å². The average molecular weight is 361 g/mol. The molecule has 0 bridgehead atoms. The highest BCUT2D eigenvalue weighted by atomic mass is 35.5. The van der Waals surface area contributed by atoms with Gasteiger partial charge in [-0.25, -0.2) is 9.50 Å². The van der Waals surface area contributed by atoms with Gasteiger partial charge in [-0.1, -0.05) is 35.3 Å². The second-order valence-corrected chi connectivity index (χ2v) is 6.68. The zero-order valence-electron chi connectivity index (χ0n) is 12.9. The lowest BCUT2D eigenvalue weighted by Crippen LogP contribution is -2.39. The second-order valence-electron chi connectivity index (χ2n) is 5.84. The van der Waals surface area contributed by atoms with Crippen LogP contribution >= 0.6 is 23.2 Å². The number of rotatable bonds is 1. The summed E-state index contributed by atoms with van der Waals surface area (Å²) in [6.07, 6.45) is 3.91. The number of benzene rings is 1. The zero-order chi connectivity index (χ0) is 16.8. The lowest BCUT2D eigenvalue weighted by atomic mass is 9.93. The molecule has 1 aliphatic heterocycles. The van der Waals surface area contributed by atoms with E-state index in [2.05, 4.69) is 10.1 Å². The molecule has 122 valence electrons. The molecule has 0 saturated heterocycles. The van der Waals surface area contributed by atoms with Gasteiger partial charge in [-0.2, -0.15) is 5.10 Å².